The van der Waals surface area contributed by atoms with E-state index >= 15 is 0 Å². The van der Waals surface area contributed by atoms with Gasteiger partial charge in [0.05, 0.1) is 11.9 Å². The highest BCUT2D eigenvalue weighted by Crippen LogP contribution is 1.99. The van der Waals surface area contributed by atoms with Crippen molar-refractivity contribution in [3.05, 3.63) is 42.8 Å². The van der Waals surface area contributed by atoms with Crippen LogP contribution in [0.5, 0.6) is 0 Å². The summed E-state index contributed by atoms with van der Waals surface area (Å²) in [6.45, 7) is 3.49. The molecule has 1 rings (SSSR count). The Bertz CT molecular complexity index is 226. The number of aromatic nitrogens is 1. The Morgan fingerprint density at radius 2 is 2.30 bits per heavy atom. The van der Waals surface area contributed by atoms with Crippen LogP contribution in [0.15, 0.2) is 24.4 Å². The van der Waals surface area contributed by atoms with Gasteiger partial charge in [0.1, 0.15) is 5.82 Å². The predicted molar refractivity (Wildman–Crippen MR) is 38.6 cm³/mol. The summed E-state index contributed by atoms with van der Waals surface area (Å²) in [5.74, 6) is -0.318. The quantitative estimate of drug-likeness (QED) is 0.575. The minimum atomic E-state index is -0.318. The lowest BCUT2D eigenvalue weighted by molar-refractivity contribution is 0.621. The summed E-state index contributed by atoms with van der Waals surface area (Å²) >= 11 is 0. The van der Waals surface area contributed by atoms with Crippen LogP contribution in [-0.4, -0.2) is 4.98 Å². The molecule has 1 nitrogen and oxygen atoms in total. The standard InChI is InChI=1S/C8H7FN/c1-2-3-8-5-4-7(9)6-10-8/h2-6H,1H2. The maximum atomic E-state index is 12.2. The van der Waals surface area contributed by atoms with E-state index in [1.165, 1.54) is 12.3 Å². The zero-order valence-electron chi connectivity index (χ0n) is 5.42. The van der Waals surface area contributed by atoms with Crippen molar-refractivity contribution >= 4 is 6.08 Å². The van der Waals surface area contributed by atoms with Crippen molar-refractivity contribution in [3.63, 3.8) is 0 Å². The minimum absolute atomic E-state index is 0.318. The van der Waals surface area contributed by atoms with E-state index in [1.54, 1.807) is 18.2 Å². The smallest absolute Gasteiger partial charge is 0.141 e. The summed E-state index contributed by atoms with van der Waals surface area (Å²) in [6.07, 6.45) is 4.50. The molecule has 0 unspecified atom stereocenters. The molecule has 10 heavy (non-hydrogen) atoms. The van der Waals surface area contributed by atoms with Crippen LogP contribution in [0.2, 0.25) is 0 Å². The lowest BCUT2D eigenvalue weighted by Crippen LogP contribution is -1.80. The molecular formula is C8H7FN. The van der Waals surface area contributed by atoms with E-state index in [9.17, 15) is 4.39 Å². The van der Waals surface area contributed by atoms with Crippen molar-refractivity contribution in [2.45, 2.75) is 0 Å². The Kier molecular flexibility index (Phi) is 2.15. The lowest BCUT2D eigenvalue weighted by atomic mass is 10.3. The molecule has 1 heterocycles. The summed E-state index contributed by atoms with van der Waals surface area (Å²) < 4.78 is 12.2. The SMILES string of the molecule is [CH2]C=Cc1ccc(F)cn1. The van der Waals surface area contributed by atoms with E-state index in [4.69, 9.17) is 0 Å². The van der Waals surface area contributed by atoms with Crippen LogP contribution in [0, 0.1) is 12.7 Å². The number of halogens is 1. The monoisotopic (exact) mass is 136 g/mol. The van der Waals surface area contributed by atoms with Crippen LogP contribution in [0.25, 0.3) is 6.08 Å². The van der Waals surface area contributed by atoms with Gasteiger partial charge in [-0.25, -0.2) is 4.39 Å². The van der Waals surface area contributed by atoms with Gasteiger partial charge in [0.15, 0.2) is 0 Å². The first-order valence-corrected chi connectivity index (χ1v) is 2.90. The third kappa shape index (κ3) is 1.65. The minimum Gasteiger partial charge on any atom is -0.254 e. The third-order valence-corrected chi connectivity index (χ3v) is 1.04. The van der Waals surface area contributed by atoms with E-state index in [1.807, 2.05) is 0 Å². The summed E-state index contributed by atoms with van der Waals surface area (Å²) in [5.41, 5.74) is 0.719. The summed E-state index contributed by atoms with van der Waals surface area (Å²) in [6, 6.07) is 2.96. The molecule has 0 fully saturated rings. The molecule has 0 N–H and O–H groups in total. The number of nitrogens with zero attached hydrogens (tertiary/aromatic N) is 1. The highest BCUT2D eigenvalue weighted by Gasteiger charge is 1.87. The second kappa shape index (κ2) is 3.11. The molecule has 0 bridgehead atoms. The molecule has 0 aromatic carbocycles. The fraction of sp³-hybridized carbons (Fsp3) is 0. The topological polar surface area (TPSA) is 12.9 Å². The number of allylic oxidation sites excluding steroid dienone is 1. The Hall–Kier alpha value is -1.18. The van der Waals surface area contributed by atoms with Gasteiger partial charge in [-0.15, -0.1) is 0 Å². The van der Waals surface area contributed by atoms with Crippen LogP contribution in [0.1, 0.15) is 5.69 Å². The first kappa shape index (κ1) is 6.93. The summed E-state index contributed by atoms with van der Waals surface area (Å²) in [5, 5.41) is 0. The van der Waals surface area contributed by atoms with Crippen LogP contribution >= 0.6 is 0 Å². The van der Waals surface area contributed by atoms with Crippen molar-refractivity contribution in [2.24, 2.45) is 0 Å². The second-order valence-electron chi connectivity index (χ2n) is 1.80. The molecule has 0 spiro atoms. The van der Waals surface area contributed by atoms with E-state index in [2.05, 4.69) is 11.9 Å². The predicted octanol–water partition coefficient (Wildman–Crippen LogP) is 2.07. The van der Waals surface area contributed by atoms with Gasteiger partial charge in [-0.3, -0.25) is 4.98 Å². The van der Waals surface area contributed by atoms with Crippen molar-refractivity contribution in [1.82, 2.24) is 4.98 Å². The average molecular weight is 136 g/mol. The molecule has 0 saturated heterocycles. The molecule has 1 radical (unpaired) electrons. The molecular weight excluding hydrogens is 129 g/mol. The van der Waals surface area contributed by atoms with Crippen molar-refractivity contribution in [1.29, 1.82) is 0 Å². The molecule has 51 valence electrons. The highest BCUT2D eigenvalue weighted by molar-refractivity contribution is 5.44. The Morgan fingerprint density at radius 3 is 2.80 bits per heavy atom. The fourth-order valence-corrected chi connectivity index (χ4v) is 0.607. The maximum Gasteiger partial charge on any atom is 0.141 e. The maximum absolute atomic E-state index is 12.2. The van der Waals surface area contributed by atoms with Crippen molar-refractivity contribution in [3.8, 4) is 0 Å². The molecule has 2 heteroatoms. The third-order valence-electron chi connectivity index (χ3n) is 1.04. The zero-order chi connectivity index (χ0) is 7.40. The molecule has 0 aliphatic carbocycles. The van der Waals surface area contributed by atoms with Crippen LogP contribution in [-0.2, 0) is 0 Å². The van der Waals surface area contributed by atoms with E-state index in [0.29, 0.717) is 0 Å². The highest BCUT2D eigenvalue weighted by atomic mass is 19.1. The van der Waals surface area contributed by atoms with Gasteiger partial charge >= 0.3 is 0 Å². The molecule has 1 aromatic rings. The number of hydrogen-bond donors (Lipinski definition) is 0. The Balaban J connectivity index is 2.89. The zero-order valence-corrected chi connectivity index (χ0v) is 5.42. The average Bonchev–Trinajstić information content (AvgIpc) is 1.95. The van der Waals surface area contributed by atoms with Crippen LogP contribution < -0.4 is 0 Å². The van der Waals surface area contributed by atoms with E-state index in [-0.39, 0.29) is 5.82 Å². The molecule has 0 aliphatic rings. The van der Waals surface area contributed by atoms with E-state index in [0.717, 1.165) is 5.69 Å². The number of pyridine rings is 1. The normalized spacial score (nSPS) is 10.6. The van der Waals surface area contributed by atoms with Crippen LogP contribution in [0.3, 0.4) is 0 Å². The molecule has 0 amide bonds. The fourth-order valence-electron chi connectivity index (χ4n) is 0.607. The van der Waals surface area contributed by atoms with Crippen molar-refractivity contribution < 1.29 is 4.39 Å². The Morgan fingerprint density at radius 1 is 1.50 bits per heavy atom. The second-order valence-corrected chi connectivity index (χ2v) is 1.80. The largest absolute Gasteiger partial charge is 0.254 e. The van der Waals surface area contributed by atoms with Gasteiger partial charge in [-0.2, -0.15) is 0 Å². The van der Waals surface area contributed by atoms with Crippen LogP contribution in [0.4, 0.5) is 4.39 Å². The van der Waals surface area contributed by atoms with E-state index < -0.39 is 0 Å². The first-order chi connectivity index (χ1) is 4.83. The lowest BCUT2D eigenvalue weighted by Gasteiger charge is -1.89. The van der Waals surface area contributed by atoms with Crippen molar-refractivity contribution in [2.75, 3.05) is 0 Å². The van der Waals surface area contributed by atoms with Gasteiger partial charge in [0.25, 0.3) is 0 Å². The molecule has 0 atom stereocenters. The summed E-state index contributed by atoms with van der Waals surface area (Å²) in [7, 11) is 0. The molecule has 0 saturated carbocycles. The van der Waals surface area contributed by atoms with Gasteiger partial charge in [-0.1, -0.05) is 6.08 Å². The molecule has 0 aliphatic heterocycles. The number of hydrogen-bond acceptors (Lipinski definition) is 1. The summed E-state index contributed by atoms with van der Waals surface area (Å²) in [4.78, 5) is 3.77. The van der Waals surface area contributed by atoms with Gasteiger partial charge in [0.2, 0.25) is 0 Å². The van der Waals surface area contributed by atoms with Gasteiger partial charge in [0, 0.05) is 0 Å². The number of rotatable bonds is 1. The Labute approximate surface area is 59.2 Å². The first-order valence-electron chi connectivity index (χ1n) is 2.90. The molecule has 1 aromatic heterocycles. The van der Waals surface area contributed by atoms with Gasteiger partial charge < -0.3 is 0 Å². The van der Waals surface area contributed by atoms with Gasteiger partial charge in [-0.05, 0) is 25.1 Å².